The molecule has 0 spiro atoms. The Balaban J connectivity index is 2.65. The molecule has 0 saturated heterocycles. The number of carbonyl (C=O) groups is 1. The van der Waals surface area contributed by atoms with Crippen molar-refractivity contribution in [2.24, 2.45) is 0 Å². The van der Waals surface area contributed by atoms with Crippen LogP contribution in [-0.4, -0.2) is 16.0 Å². The minimum absolute atomic E-state index is 0.0401. The molecule has 1 N–H and O–H groups in total. The molecule has 0 aromatic carbocycles. The van der Waals surface area contributed by atoms with Gasteiger partial charge in [0.05, 0.1) is 5.54 Å². The van der Waals surface area contributed by atoms with E-state index >= 15 is 0 Å². The number of hydrogen-bond donors (Lipinski definition) is 1. The van der Waals surface area contributed by atoms with Crippen LogP contribution in [-0.2, 0) is 5.54 Å². The lowest BCUT2D eigenvalue weighted by atomic mass is 9.96. The second-order valence-electron chi connectivity index (χ2n) is 3.87. The average Bonchev–Trinajstić information content (AvgIpc) is 2.27. The molecule has 1 aromatic rings. The van der Waals surface area contributed by atoms with Crippen LogP contribution >= 0.6 is 11.8 Å². The number of thioether (sulfide) groups is 1. The second kappa shape index (κ2) is 5.70. The van der Waals surface area contributed by atoms with Gasteiger partial charge in [-0.3, -0.25) is 9.78 Å². The standard InChI is InChI=1S/C12H16N2OS/c1-4-9-16-11(15)14-12(2,3)10-5-7-13-8-6-10/h4-8H,1,9H2,2-3H3,(H,14,15). The van der Waals surface area contributed by atoms with Crippen molar-refractivity contribution in [3.63, 3.8) is 0 Å². The fourth-order valence-corrected chi connectivity index (χ4v) is 1.86. The van der Waals surface area contributed by atoms with Crippen molar-refractivity contribution in [2.45, 2.75) is 19.4 Å². The molecule has 16 heavy (non-hydrogen) atoms. The summed E-state index contributed by atoms with van der Waals surface area (Å²) in [6, 6.07) is 3.80. The molecule has 0 radical (unpaired) electrons. The number of pyridine rings is 1. The van der Waals surface area contributed by atoms with E-state index in [1.54, 1.807) is 18.5 Å². The summed E-state index contributed by atoms with van der Waals surface area (Å²) < 4.78 is 0. The highest BCUT2D eigenvalue weighted by Gasteiger charge is 2.22. The fourth-order valence-electron chi connectivity index (χ4n) is 1.27. The molecule has 1 rings (SSSR count). The van der Waals surface area contributed by atoms with Crippen molar-refractivity contribution in [3.8, 4) is 0 Å². The lowest BCUT2D eigenvalue weighted by Gasteiger charge is -2.26. The third kappa shape index (κ3) is 3.70. The smallest absolute Gasteiger partial charge is 0.280 e. The van der Waals surface area contributed by atoms with Gasteiger partial charge in [0.15, 0.2) is 0 Å². The summed E-state index contributed by atoms with van der Waals surface area (Å²) >= 11 is 1.21. The first-order chi connectivity index (χ1) is 7.56. The quantitative estimate of drug-likeness (QED) is 0.817. The highest BCUT2D eigenvalue weighted by atomic mass is 32.2. The van der Waals surface area contributed by atoms with E-state index in [1.807, 2.05) is 26.0 Å². The summed E-state index contributed by atoms with van der Waals surface area (Å²) in [6.45, 7) is 7.51. The lowest BCUT2D eigenvalue weighted by molar-refractivity contribution is 0.251. The van der Waals surface area contributed by atoms with Gasteiger partial charge in [-0.1, -0.05) is 17.8 Å². The Morgan fingerprint density at radius 2 is 2.19 bits per heavy atom. The predicted octanol–water partition coefficient (Wildman–Crippen LogP) is 2.95. The van der Waals surface area contributed by atoms with E-state index in [2.05, 4.69) is 16.9 Å². The van der Waals surface area contributed by atoms with Crippen molar-refractivity contribution < 1.29 is 4.79 Å². The molecule has 3 nitrogen and oxygen atoms in total. The molecule has 0 fully saturated rings. The van der Waals surface area contributed by atoms with Gasteiger partial charge in [-0.05, 0) is 31.5 Å². The average molecular weight is 236 g/mol. The Morgan fingerprint density at radius 3 is 2.75 bits per heavy atom. The van der Waals surface area contributed by atoms with Crippen LogP contribution in [0.3, 0.4) is 0 Å². The number of rotatable bonds is 4. The van der Waals surface area contributed by atoms with Crippen LogP contribution in [0, 0.1) is 0 Å². The van der Waals surface area contributed by atoms with Crippen LogP contribution in [0.2, 0.25) is 0 Å². The number of carbonyl (C=O) groups excluding carboxylic acids is 1. The molecule has 0 bridgehead atoms. The molecular formula is C12H16N2OS. The normalized spacial score (nSPS) is 10.9. The van der Waals surface area contributed by atoms with E-state index < -0.39 is 0 Å². The van der Waals surface area contributed by atoms with Gasteiger partial charge in [0.25, 0.3) is 5.24 Å². The van der Waals surface area contributed by atoms with E-state index in [1.165, 1.54) is 11.8 Å². The first kappa shape index (κ1) is 12.8. The van der Waals surface area contributed by atoms with Crippen LogP contribution in [0.25, 0.3) is 0 Å². The van der Waals surface area contributed by atoms with Crippen molar-refractivity contribution in [2.75, 3.05) is 5.75 Å². The fraction of sp³-hybridized carbons (Fsp3) is 0.333. The molecule has 0 unspecified atom stereocenters. The minimum Gasteiger partial charge on any atom is -0.338 e. The van der Waals surface area contributed by atoms with Gasteiger partial charge in [0.2, 0.25) is 0 Å². The Morgan fingerprint density at radius 1 is 1.56 bits per heavy atom. The highest BCUT2D eigenvalue weighted by Crippen LogP contribution is 2.20. The molecule has 1 amide bonds. The molecule has 0 aliphatic carbocycles. The molecule has 1 heterocycles. The summed E-state index contributed by atoms with van der Waals surface area (Å²) in [6.07, 6.45) is 5.16. The largest absolute Gasteiger partial charge is 0.338 e. The minimum atomic E-state index is -0.381. The van der Waals surface area contributed by atoms with Gasteiger partial charge < -0.3 is 5.32 Å². The SMILES string of the molecule is C=CCSC(=O)NC(C)(C)c1ccncc1. The van der Waals surface area contributed by atoms with Crippen LogP contribution in [0.4, 0.5) is 4.79 Å². The topological polar surface area (TPSA) is 42.0 Å². The summed E-state index contributed by atoms with van der Waals surface area (Å²) in [5, 5.41) is 2.92. The predicted molar refractivity (Wildman–Crippen MR) is 68.4 cm³/mol. The Labute approximate surface area is 100 Å². The molecule has 0 atom stereocenters. The maximum Gasteiger partial charge on any atom is 0.280 e. The number of hydrogen-bond acceptors (Lipinski definition) is 3. The summed E-state index contributed by atoms with van der Waals surface area (Å²) in [5.41, 5.74) is 0.656. The maximum absolute atomic E-state index is 11.6. The summed E-state index contributed by atoms with van der Waals surface area (Å²) in [4.78, 5) is 15.5. The monoisotopic (exact) mass is 236 g/mol. The molecule has 0 saturated carbocycles. The molecule has 1 aromatic heterocycles. The van der Waals surface area contributed by atoms with Gasteiger partial charge in [0, 0.05) is 18.1 Å². The third-order valence-electron chi connectivity index (χ3n) is 2.15. The zero-order valence-electron chi connectivity index (χ0n) is 9.56. The molecule has 0 aliphatic rings. The van der Waals surface area contributed by atoms with Crippen molar-refractivity contribution >= 4 is 17.0 Å². The maximum atomic E-state index is 11.6. The first-order valence-electron chi connectivity index (χ1n) is 5.02. The van der Waals surface area contributed by atoms with Gasteiger partial charge >= 0.3 is 0 Å². The molecular weight excluding hydrogens is 220 g/mol. The summed E-state index contributed by atoms with van der Waals surface area (Å²) in [7, 11) is 0. The number of amides is 1. The highest BCUT2D eigenvalue weighted by molar-refractivity contribution is 8.13. The van der Waals surface area contributed by atoms with Crippen molar-refractivity contribution in [1.29, 1.82) is 0 Å². The van der Waals surface area contributed by atoms with E-state index in [-0.39, 0.29) is 10.8 Å². The Bertz CT molecular complexity index is 363. The van der Waals surface area contributed by atoms with Crippen molar-refractivity contribution in [3.05, 3.63) is 42.7 Å². The van der Waals surface area contributed by atoms with Crippen LogP contribution in [0.1, 0.15) is 19.4 Å². The van der Waals surface area contributed by atoms with Crippen molar-refractivity contribution in [1.82, 2.24) is 10.3 Å². The van der Waals surface area contributed by atoms with E-state index in [9.17, 15) is 4.79 Å². The van der Waals surface area contributed by atoms with E-state index in [0.29, 0.717) is 5.75 Å². The molecule has 86 valence electrons. The van der Waals surface area contributed by atoms with Crippen LogP contribution in [0.15, 0.2) is 37.2 Å². The number of aromatic nitrogens is 1. The van der Waals surface area contributed by atoms with Gasteiger partial charge in [-0.2, -0.15) is 0 Å². The number of nitrogens with one attached hydrogen (secondary N) is 1. The van der Waals surface area contributed by atoms with E-state index in [0.717, 1.165) is 5.56 Å². The summed E-state index contributed by atoms with van der Waals surface area (Å²) in [5.74, 6) is 0.623. The zero-order valence-corrected chi connectivity index (χ0v) is 10.4. The van der Waals surface area contributed by atoms with E-state index in [4.69, 9.17) is 0 Å². The lowest BCUT2D eigenvalue weighted by Crippen LogP contribution is -2.39. The van der Waals surface area contributed by atoms with Gasteiger partial charge in [0.1, 0.15) is 0 Å². The van der Waals surface area contributed by atoms with Crippen LogP contribution in [0.5, 0.6) is 0 Å². The van der Waals surface area contributed by atoms with Gasteiger partial charge in [-0.25, -0.2) is 0 Å². The number of nitrogens with zero attached hydrogens (tertiary/aromatic N) is 1. The second-order valence-corrected chi connectivity index (χ2v) is 4.87. The zero-order chi connectivity index (χ0) is 12.0. The molecule has 4 heteroatoms. The Hall–Kier alpha value is -1.29. The van der Waals surface area contributed by atoms with Gasteiger partial charge in [-0.15, -0.1) is 6.58 Å². The Kier molecular flexibility index (Phi) is 4.55. The first-order valence-corrected chi connectivity index (χ1v) is 6.01. The third-order valence-corrected chi connectivity index (χ3v) is 2.92. The van der Waals surface area contributed by atoms with Crippen LogP contribution < -0.4 is 5.32 Å². The molecule has 0 aliphatic heterocycles.